The summed E-state index contributed by atoms with van der Waals surface area (Å²) in [7, 11) is 0. The molecule has 0 saturated carbocycles. The van der Waals surface area contributed by atoms with Gasteiger partial charge in [0.1, 0.15) is 11.6 Å². The van der Waals surface area contributed by atoms with Crippen LogP contribution in [0.15, 0.2) is 12.3 Å². The lowest BCUT2D eigenvalue weighted by Gasteiger charge is -2.15. The van der Waals surface area contributed by atoms with Crippen molar-refractivity contribution in [2.24, 2.45) is 0 Å². The molecular formula is C9H8FIN2O2. The summed E-state index contributed by atoms with van der Waals surface area (Å²) in [5.41, 5.74) is 0. The Labute approximate surface area is 99.2 Å². The average molecular weight is 322 g/mol. The number of halogens is 2. The third-order valence-electron chi connectivity index (χ3n) is 2.15. The molecule has 4 nitrogen and oxygen atoms in total. The number of hydrogen-bond acceptors (Lipinski definition) is 3. The van der Waals surface area contributed by atoms with Gasteiger partial charge in [0.15, 0.2) is 0 Å². The van der Waals surface area contributed by atoms with Crippen LogP contribution in [0.3, 0.4) is 0 Å². The quantitative estimate of drug-likeness (QED) is 0.783. The van der Waals surface area contributed by atoms with E-state index in [9.17, 15) is 14.3 Å². The van der Waals surface area contributed by atoms with Gasteiger partial charge in [-0.05, 0) is 28.7 Å². The first-order valence-corrected chi connectivity index (χ1v) is 5.45. The van der Waals surface area contributed by atoms with Gasteiger partial charge < -0.3 is 5.11 Å². The van der Waals surface area contributed by atoms with E-state index in [1.54, 1.807) is 0 Å². The van der Waals surface area contributed by atoms with Crippen molar-refractivity contribution in [3.8, 4) is 0 Å². The number of nitrogens with zero attached hydrogens (tertiary/aromatic N) is 2. The van der Waals surface area contributed by atoms with Gasteiger partial charge in [-0.3, -0.25) is 9.69 Å². The van der Waals surface area contributed by atoms with Crippen LogP contribution in [0.25, 0.3) is 0 Å². The Bertz CT molecular complexity index is 413. The Morgan fingerprint density at radius 1 is 1.67 bits per heavy atom. The minimum atomic E-state index is -0.653. The van der Waals surface area contributed by atoms with Gasteiger partial charge in [0, 0.05) is 0 Å². The van der Waals surface area contributed by atoms with E-state index in [2.05, 4.69) is 4.98 Å². The number of anilines is 1. The maximum atomic E-state index is 12.8. The van der Waals surface area contributed by atoms with E-state index >= 15 is 0 Å². The smallest absolute Gasteiger partial charge is 0.230 e. The SMILES string of the molecule is O=C1CC(O)CN1c1ncc(F)cc1I. The molecule has 0 bridgehead atoms. The van der Waals surface area contributed by atoms with Crippen LogP contribution in [0.2, 0.25) is 0 Å². The third kappa shape index (κ3) is 2.10. The number of amides is 1. The summed E-state index contributed by atoms with van der Waals surface area (Å²) in [4.78, 5) is 16.7. The van der Waals surface area contributed by atoms with E-state index in [0.717, 1.165) is 6.20 Å². The summed E-state index contributed by atoms with van der Waals surface area (Å²) in [6.07, 6.45) is 0.519. The zero-order chi connectivity index (χ0) is 11.0. The van der Waals surface area contributed by atoms with Gasteiger partial charge in [-0.25, -0.2) is 9.37 Å². The van der Waals surface area contributed by atoms with Crippen molar-refractivity contribution in [3.63, 3.8) is 0 Å². The number of β-amino-alcohol motifs (C(OH)–C–C–N with tert-alkyl or cyclic N) is 1. The van der Waals surface area contributed by atoms with Crippen molar-refractivity contribution in [2.75, 3.05) is 11.4 Å². The molecule has 1 unspecified atom stereocenters. The van der Waals surface area contributed by atoms with E-state index in [1.807, 2.05) is 22.6 Å². The third-order valence-corrected chi connectivity index (χ3v) is 2.94. The van der Waals surface area contributed by atoms with E-state index < -0.39 is 11.9 Å². The molecule has 6 heteroatoms. The first-order chi connectivity index (χ1) is 7.08. The zero-order valence-corrected chi connectivity index (χ0v) is 9.81. The highest BCUT2D eigenvalue weighted by Crippen LogP contribution is 2.24. The topological polar surface area (TPSA) is 53.4 Å². The first-order valence-electron chi connectivity index (χ1n) is 4.37. The summed E-state index contributed by atoms with van der Waals surface area (Å²) in [6.45, 7) is 0.230. The number of pyridine rings is 1. The molecule has 0 aliphatic carbocycles. The standard InChI is InChI=1S/C9H8FIN2O2/c10-5-1-7(11)9(12-3-5)13-4-6(14)2-8(13)15/h1,3,6,14H,2,4H2. The number of aliphatic hydroxyl groups is 1. The lowest BCUT2D eigenvalue weighted by Crippen LogP contribution is -2.27. The first kappa shape index (κ1) is 10.7. The predicted molar refractivity (Wildman–Crippen MR) is 59.9 cm³/mol. The monoisotopic (exact) mass is 322 g/mol. The van der Waals surface area contributed by atoms with Gasteiger partial charge in [0.25, 0.3) is 0 Å². The molecule has 1 aliphatic heterocycles. The maximum Gasteiger partial charge on any atom is 0.230 e. The summed E-state index contributed by atoms with van der Waals surface area (Å²) < 4.78 is 13.4. The van der Waals surface area contributed by atoms with E-state index in [4.69, 9.17) is 0 Å². The second-order valence-corrected chi connectivity index (χ2v) is 4.48. The number of hydrogen-bond donors (Lipinski definition) is 1. The zero-order valence-electron chi connectivity index (χ0n) is 7.65. The lowest BCUT2D eigenvalue weighted by molar-refractivity contribution is -0.117. The predicted octanol–water partition coefficient (Wildman–Crippen LogP) is 0.923. The van der Waals surface area contributed by atoms with Gasteiger partial charge in [-0.2, -0.15) is 0 Å². The highest BCUT2D eigenvalue weighted by molar-refractivity contribution is 14.1. The number of aliphatic hydroxyl groups excluding tert-OH is 1. The number of aromatic nitrogens is 1. The van der Waals surface area contributed by atoms with Crippen LogP contribution in [0.5, 0.6) is 0 Å². The molecule has 2 rings (SSSR count). The molecule has 1 aromatic rings. The van der Waals surface area contributed by atoms with Crippen LogP contribution in [-0.4, -0.2) is 28.6 Å². The fourth-order valence-corrected chi connectivity index (χ4v) is 2.23. The Hall–Kier alpha value is -0.760. The molecule has 80 valence electrons. The molecule has 1 saturated heterocycles. The average Bonchev–Trinajstić information content (AvgIpc) is 2.45. The molecule has 1 atom stereocenters. The summed E-state index contributed by atoms with van der Waals surface area (Å²) in [5.74, 6) is -0.201. The van der Waals surface area contributed by atoms with E-state index in [0.29, 0.717) is 9.39 Å². The molecular weight excluding hydrogens is 314 g/mol. The molecule has 1 amide bonds. The maximum absolute atomic E-state index is 12.8. The van der Waals surface area contributed by atoms with Crippen LogP contribution in [0.4, 0.5) is 10.2 Å². The van der Waals surface area contributed by atoms with Gasteiger partial charge in [0.2, 0.25) is 5.91 Å². The van der Waals surface area contributed by atoms with Crippen molar-refractivity contribution < 1.29 is 14.3 Å². The minimum absolute atomic E-state index is 0.106. The number of rotatable bonds is 1. The normalized spacial score (nSPS) is 21.1. The molecule has 15 heavy (non-hydrogen) atoms. The lowest BCUT2D eigenvalue weighted by atomic mass is 10.3. The number of carbonyl (C=O) groups excluding carboxylic acids is 1. The van der Waals surface area contributed by atoms with Gasteiger partial charge in [0.05, 0.1) is 28.8 Å². The van der Waals surface area contributed by atoms with Crippen LogP contribution in [0, 0.1) is 9.39 Å². The molecule has 0 radical (unpaired) electrons. The Morgan fingerprint density at radius 2 is 2.40 bits per heavy atom. The van der Waals surface area contributed by atoms with Crippen molar-refractivity contribution in [1.29, 1.82) is 0 Å². The van der Waals surface area contributed by atoms with E-state index in [1.165, 1.54) is 11.0 Å². The van der Waals surface area contributed by atoms with Gasteiger partial charge in [-0.15, -0.1) is 0 Å². The Balaban J connectivity index is 2.34. The fraction of sp³-hybridized carbons (Fsp3) is 0.333. The second-order valence-electron chi connectivity index (χ2n) is 3.32. The molecule has 1 N–H and O–H groups in total. The minimum Gasteiger partial charge on any atom is -0.391 e. The molecule has 2 heterocycles. The van der Waals surface area contributed by atoms with Crippen LogP contribution in [0.1, 0.15) is 6.42 Å². The summed E-state index contributed by atoms with van der Waals surface area (Å²) in [5, 5.41) is 9.31. The second kappa shape index (κ2) is 4.01. The van der Waals surface area contributed by atoms with Gasteiger partial charge in [-0.1, -0.05) is 0 Å². The Morgan fingerprint density at radius 3 is 2.93 bits per heavy atom. The molecule has 0 aromatic carbocycles. The molecule has 0 spiro atoms. The molecule has 1 aromatic heterocycles. The highest BCUT2D eigenvalue weighted by Gasteiger charge is 2.31. The van der Waals surface area contributed by atoms with E-state index in [-0.39, 0.29) is 18.9 Å². The van der Waals surface area contributed by atoms with Crippen molar-refractivity contribution in [2.45, 2.75) is 12.5 Å². The Kier molecular flexibility index (Phi) is 2.87. The van der Waals surface area contributed by atoms with Crippen LogP contribution < -0.4 is 4.90 Å². The van der Waals surface area contributed by atoms with Crippen LogP contribution in [-0.2, 0) is 4.79 Å². The van der Waals surface area contributed by atoms with Crippen molar-refractivity contribution in [3.05, 3.63) is 21.7 Å². The number of carbonyl (C=O) groups is 1. The molecule has 1 aliphatic rings. The fourth-order valence-electron chi connectivity index (χ4n) is 1.50. The van der Waals surface area contributed by atoms with Gasteiger partial charge >= 0.3 is 0 Å². The summed E-state index contributed by atoms with van der Waals surface area (Å²) in [6, 6.07) is 1.31. The van der Waals surface area contributed by atoms with Crippen LogP contribution >= 0.6 is 22.6 Å². The highest BCUT2D eigenvalue weighted by atomic mass is 127. The van der Waals surface area contributed by atoms with Crippen molar-refractivity contribution in [1.82, 2.24) is 4.98 Å². The summed E-state index contributed by atoms with van der Waals surface area (Å²) >= 11 is 1.91. The largest absolute Gasteiger partial charge is 0.391 e. The van der Waals surface area contributed by atoms with Crippen molar-refractivity contribution >= 4 is 34.3 Å². The molecule has 1 fully saturated rings.